The first kappa shape index (κ1) is 20.1. The van der Waals surface area contributed by atoms with Crippen molar-refractivity contribution in [1.82, 2.24) is 19.9 Å². The van der Waals surface area contributed by atoms with E-state index in [4.69, 9.17) is 32.7 Å². The van der Waals surface area contributed by atoms with Gasteiger partial charge in [0, 0.05) is 12.4 Å². The molecule has 1 N–H and O–H groups in total. The SMILES string of the molecule is COc1nc(COc2cnccn2)cnc1NS(=O)(=O)c1cccc(Cl)c1Cl. The highest BCUT2D eigenvalue weighted by Crippen LogP contribution is 2.31. The second-order valence-electron chi connectivity index (χ2n) is 5.21. The average molecular weight is 442 g/mol. The fourth-order valence-electron chi connectivity index (χ4n) is 2.07. The number of benzene rings is 1. The first-order valence-electron chi connectivity index (χ1n) is 7.66. The van der Waals surface area contributed by atoms with Crippen molar-refractivity contribution in [3.8, 4) is 11.8 Å². The Morgan fingerprint density at radius 2 is 1.96 bits per heavy atom. The van der Waals surface area contributed by atoms with Gasteiger partial charge in [0.2, 0.25) is 11.7 Å². The number of sulfonamides is 1. The van der Waals surface area contributed by atoms with Gasteiger partial charge in [-0.05, 0) is 12.1 Å². The third-order valence-electron chi connectivity index (χ3n) is 3.33. The third-order valence-corrected chi connectivity index (χ3v) is 5.64. The van der Waals surface area contributed by atoms with E-state index >= 15 is 0 Å². The highest BCUT2D eigenvalue weighted by Gasteiger charge is 2.22. The van der Waals surface area contributed by atoms with Gasteiger partial charge in [-0.15, -0.1) is 0 Å². The Morgan fingerprint density at radius 3 is 2.68 bits per heavy atom. The number of methoxy groups -OCH3 is 1. The molecule has 0 radical (unpaired) electrons. The van der Waals surface area contributed by atoms with Crippen LogP contribution < -0.4 is 14.2 Å². The lowest BCUT2D eigenvalue weighted by Crippen LogP contribution is -2.16. The van der Waals surface area contributed by atoms with Crippen LogP contribution in [0.1, 0.15) is 5.69 Å². The van der Waals surface area contributed by atoms with E-state index in [1.54, 1.807) is 0 Å². The predicted octanol–water partition coefficient (Wildman–Crippen LogP) is 2.96. The van der Waals surface area contributed by atoms with E-state index in [2.05, 4.69) is 24.7 Å². The number of ether oxygens (including phenoxy) is 2. The Balaban J connectivity index is 1.81. The Labute approximate surface area is 170 Å². The van der Waals surface area contributed by atoms with Gasteiger partial charge in [-0.25, -0.2) is 23.4 Å². The molecule has 0 aliphatic heterocycles. The zero-order valence-electron chi connectivity index (χ0n) is 14.3. The molecule has 0 aliphatic carbocycles. The van der Waals surface area contributed by atoms with Crippen LogP contribution in [0.4, 0.5) is 5.82 Å². The fourth-order valence-corrected chi connectivity index (χ4v) is 3.84. The predicted molar refractivity (Wildman–Crippen MR) is 102 cm³/mol. The number of hydrogen-bond acceptors (Lipinski definition) is 8. The Bertz CT molecular complexity index is 1080. The van der Waals surface area contributed by atoms with Crippen molar-refractivity contribution < 1.29 is 17.9 Å². The minimum absolute atomic E-state index is 0.0369. The highest BCUT2D eigenvalue weighted by molar-refractivity contribution is 7.92. The molecule has 3 rings (SSSR count). The summed E-state index contributed by atoms with van der Waals surface area (Å²) in [7, 11) is -2.73. The van der Waals surface area contributed by atoms with E-state index < -0.39 is 10.0 Å². The van der Waals surface area contributed by atoms with Crippen molar-refractivity contribution in [2.24, 2.45) is 0 Å². The maximum absolute atomic E-state index is 12.6. The van der Waals surface area contributed by atoms with E-state index in [-0.39, 0.29) is 33.2 Å². The van der Waals surface area contributed by atoms with Crippen molar-refractivity contribution in [2.75, 3.05) is 11.8 Å². The summed E-state index contributed by atoms with van der Waals surface area (Å²) in [5.74, 6) is 0.160. The second kappa shape index (κ2) is 8.55. The molecule has 146 valence electrons. The molecule has 0 aliphatic rings. The summed E-state index contributed by atoms with van der Waals surface area (Å²) >= 11 is 11.9. The minimum atomic E-state index is -4.07. The van der Waals surface area contributed by atoms with Crippen molar-refractivity contribution >= 4 is 39.0 Å². The first-order valence-corrected chi connectivity index (χ1v) is 9.90. The third kappa shape index (κ3) is 4.58. The van der Waals surface area contributed by atoms with Crippen LogP contribution in [-0.2, 0) is 16.6 Å². The molecule has 2 heterocycles. The topological polar surface area (TPSA) is 116 Å². The Kier molecular flexibility index (Phi) is 6.12. The first-order chi connectivity index (χ1) is 13.4. The van der Waals surface area contributed by atoms with Crippen LogP contribution >= 0.6 is 23.2 Å². The molecule has 0 bridgehead atoms. The zero-order valence-corrected chi connectivity index (χ0v) is 16.7. The molecule has 0 atom stereocenters. The van der Waals surface area contributed by atoms with E-state index in [0.717, 1.165) is 0 Å². The number of nitrogens with zero attached hydrogens (tertiary/aromatic N) is 4. The Morgan fingerprint density at radius 1 is 1.14 bits per heavy atom. The zero-order chi connectivity index (χ0) is 20.1. The molecule has 0 unspecified atom stereocenters. The van der Waals surface area contributed by atoms with Crippen LogP contribution in [-0.4, -0.2) is 35.5 Å². The molecule has 3 aromatic rings. The summed E-state index contributed by atoms with van der Waals surface area (Å²) in [5.41, 5.74) is 0.395. The van der Waals surface area contributed by atoms with Crippen molar-refractivity contribution in [3.63, 3.8) is 0 Å². The number of aromatic nitrogens is 4. The van der Waals surface area contributed by atoms with Crippen molar-refractivity contribution in [2.45, 2.75) is 11.5 Å². The van der Waals surface area contributed by atoms with Crippen LogP contribution in [0, 0.1) is 0 Å². The average Bonchev–Trinajstić information content (AvgIpc) is 2.69. The standard InChI is InChI=1S/C16H13Cl2N5O4S/c1-26-16-15(23-28(24,25)12-4-2-3-11(17)14(12)18)21-7-10(22-16)9-27-13-8-19-5-6-20-13/h2-8H,9H2,1H3,(H,21,23). The summed E-state index contributed by atoms with van der Waals surface area (Å²) < 4.78 is 38.1. The largest absolute Gasteiger partial charge is 0.478 e. The molecule has 2 aromatic heterocycles. The molecule has 0 spiro atoms. The van der Waals surface area contributed by atoms with Gasteiger partial charge in [0.15, 0.2) is 0 Å². The molecule has 9 nitrogen and oxygen atoms in total. The summed E-state index contributed by atoms with van der Waals surface area (Å²) in [6, 6.07) is 4.27. The van der Waals surface area contributed by atoms with E-state index in [1.165, 1.54) is 50.1 Å². The molecule has 0 saturated carbocycles. The van der Waals surface area contributed by atoms with Gasteiger partial charge in [-0.1, -0.05) is 29.3 Å². The number of nitrogens with one attached hydrogen (secondary N) is 1. The van der Waals surface area contributed by atoms with Crippen LogP contribution in [0.5, 0.6) is 11.8 Å². The van der Waals surface area contributed by atoms with Crippen molar-refractivity contribution in [3.05, 3.63) is 58.7 Å². The molecule has 0 saturated heterocycles. The summed E-state index contributed by atoms with van der Waals surface area (Å²) in [6.07, 6.45) is 5.79. The molecule has 0 amide bonds. The Hall–Kier alpha value is -2.69. The van der Waals surface area contributed by atoms with Crippen LogP contribution in [0.25, 0.3) is 0 Å². The van der Waals surface area contributed by atoms with Gasteiger partial charge in [0.1, 0.15) is 17.2 Å². The number of halogens is 2. The lowest BCUT2D eigenvalue weighted by Gasteiger charge is -2.12. The van der Waals surface area contributed by atoms with Gasteiger partial charge in [-0.2, -0.15) is 0 Å². The molecule has 1 aromatic carbocycles. The molecular formula is C16H13Cl2N5O4S. The summed E-state index contributed by atoms with van der Waals surface area (Å²) in [5, 5.41) is 0.0108. The lowest BCUT2D eigenvalue weighted by atomic mass is 10.4. The lowest BCUT2D eigenvalue weighted by molar-refractivity contribution is 0.284. The van der Waals surface area contributed by atoms with Crippen LogP contribution in [0.15, 0.2) is 47.9 Å². The summed E-state index contributed by atoms with van der Waals surface area (Å²) in [4.78, 5) is 15.9. The van der Waals surface area contributed by atoms with Gasteiger partial charge in [0.25, 0.3) is 15.9 Å². The number of anilines is 1. The second-order valence-corrected chi connectivity index (χ2v) is 7.64. The maximum Gasteiger partial charge on any atom is 0.264 e. The van der Waals surface area contributed by atoms with Crippen LogP contribution in [0.3, 0.4) is 0 Å². The van der Waals surface area contributed by atoms with E-state index in [9.17, 15) is 8.42 Å². The molecule has 28 heavy (non-hydrogen) atoms. The fraction of sp³-hybridized carbons (Fsp3) is 0.125. The smallest absolute Gasteiger partial charge is 0.264 e. The molecular weight excluding hydrogens is 429 g/mol. The molecule has 0 fully saturated rings. The van der Waals surface area contributed by atoms with Gasteiger partial charge >= 0.3 is 0 Å². The monoisotopic (exact) mass is 441 g/mol. The van der Waals surface area contributed by atoms with Crippen LogP contribution in [0.2, 0.25) is 10.0 Å². The molecule has 12 heteroatoms. The quantitative estimate of drug-likeness (QED) is 0.594. The van der Waals surface area contributed by atoms with E-state index in [0.29, 0.717) is 11.6 Å². The highest BCUT2D eigenvalue weighted by atomic mass is 35.5. The van der Waals surface area contributed by atoms with Crippen molar-refractivity contribution in [1.29, 1.82) is 0 Å². The van der Waals surface area contributed by atoms with E-state index in [1.807, 2.05) is 0 Å². The van der Waals surface area contributed by atoms with Gasteiger partial charge < -0.3 is 9.47 Å². The minimum Gasteiger partial charge on any atom is -0.478 e. The normalized spacial score (nSPS) is 11.1. The maximum atomic E-state index is 12.6. The summed E-state index contributed by atoms with van der Waals surface area (Å²) in [6.45, 7) is 0.0369. The van der Waals surface area contributed by atoms with Gasteiger partial charge in [-0.3, -0.25) is 9.71 Å². The number of hydrogen-bond donors (Lipinski definition) is 1. The number of rotatable bonds is 7. The van der Waals surface area contributed by atoms with Gasteiger partial charge in [0.05, 0.1) is 29.5 Å².